The number of nitrogens with zero attached hydrogens (tertiary/aromatic N) is 1. The third-order valence-electron chi connectivity index (χ3n) is 2.77. The van der Waals surface area contributed by atoms with Gasteiger partial charge in [-0.25, -0.2) is 4.79 Å². The van der Waals surface area contributed by atoms with Gasteiger partial charge in [0.25, 0.3) is 0 Å². The Balaban J connectivity index is 2.48. The maximum absolute atomic E-state index is 11.7. The zero-order valence-electron chi connectivity index (χ0n) is 12.1. The van der Waals surface area contributed by atoms with Crippen LogP contribution < -0.4 is 0 Å². The standard InChI is InChI=1S/C15H19NO5/c1-3-20-15(18)14(16-19)11(2)9-13(17)21-10-12-7-5-4-6-8-12/h4-8,11,19H,3,9-10H2,1-2H3/b16-14+/t11-/m1/s1. The number of hydrogen-bond donors (Lipinski definition) is 1. The van der Waals surface area contributed by atoms with Gasteiger partial charge in [0.05, 0.1) is 13.0 Å². The molecule has 0 unspecified atom stereocenters. The van der Waals surface area contributed by atoms with Crippen molar-refractivity contribution in [3.8, 4) is 0 Å². The monoisotopic (exact) mass is 293 g/mol. The summed E-state index contributed by atoms with van der Waals surface area (Å²) >= 11 is 0. The molecule has 21 heavy (non-hydrogen) atoms. The largest absolute Gasteiger partial charge is 0.461 e. The lowest BCUT2D eigenvalue weighted by molar-refractivity contribution is -0.145. The number of oxime groups is 1. The van der Waals surface area contributed by atoms with Gasteiger partial charge in [-0.05, 0) is 12.5 Å². The summed E-state index contributed by atoms with van der Waals surface area (Å²) in [5.74, 6) is -1.79. The molecule has 0 aromatic heterocycles. The zero-order valence-corrected chi connectivity index (χ0v) is 12.1. The van der Waals surface area contributed by atoms with Crippen molar-refractivity contribution in [3.05, 3.63) is 35.9 Å². The van der Waals surface area contributed by atoms with E-state index in [1.807, 2.05) is 30.3 Å². The molecule has 6 nitrogen and oxygen atoms in total. The Morgan fingerprint density at radius 2 is 1.90 bits per heavy atom. The first-order chi connectivity index (χ1) is 10.1. The maximum Gasteiger partial charge on any atom is 0.356 e. The summed E-state index contributed by atoms with van der Waals surface area (Å²) in [5, 5.41) is 11.8. The molecule has 0 saturated carbocycles. The lowest BCUT2D eigenvalue weighted by atomic mass is 10.0. The Morgan fingerprint density at radius 1 is 1.24 bits per heavy atom. The second-order valence-corrected chi connectivity index (χ2v) is 4.46. The normalized spacial score (nSPS) is 12.6. The molecule has 0 fully saturated rings. The highest BCUT2D eigenvalue weighted by Crippen LogP contribution is 2.10. The third-order valence-corrected chi connectivity index (χ3v) is 2.77. The van der Waals surface area contributed by atoms with Crippen LogP contribution in [0.1, 0.15) is 25.8 Å². The Kier molecular flexibility index (Phi) is 6.94. The summed E-state index contributed by atoms with van der Waals surface area (Å²) in [7, 11) is 0. The van der Waals surface area contributed by atoms with Crippen molar-refractivity contribution < 1.29 is 24.3 Å². The fraction of sp³-hybridized carbons (Fsp3) is 0.400. The highest BCUT2D eigenvalue weighted by molar-refractivity contribution is 6.37. The van der Waals surface area contributed by atoms with Gasteiger partial charge in [0.2, 0.25) is 0 Å². The van der Waals surface area contributed by atoms with Crippen LogP contribution in [0.2, 0.25) is 0 Å². The first-order valence-corrected chi connectivity index (χ1v) is 6.67. The van der Waals surface area contributed by atoms with Gasteiger partial charge in [-0.15, -0.1) is 0 Å². The van der Waals surface area contributed by atoms with E-state index in [4.69, 9.17) is 14.7 Å². The molecular weight excluding hydrogens is 274 g/mol. The highest BCUT2D eigenvalue weighted by atomic mass is 16.5. The van der Waals surface area contributed by atoms with Gasteiger partial charge >= 0.3 is 11.9 Å². The van der Waals surface area contributed by atoms with Gasteiger partial charge < -0.3 is 14.7 Å². The van der Waals surface area contributed by atoms with Crippen LogP contribution in [0.5, 0.6) is 0 Å². The molecule has 6 heteroatoms. The van der Waals surface area contributed by atoms with Crippen molar-refractivity contribution in [2.75, 3.05) is 6.61 Å². The summed E-state index contributed by atoms with van der Waals surface area (Å²) < 4.78 is 9.85. The number of carbonyl (C=O) groups is 2. The molecule has 114 valence electrons. The van der Waals surface area contributed by atoms with Crippen LogP contribution in [0.15, 0.2) is 35.5 Å². The molecule has 1 aromatic rings. The molecule has 0 aliphatic rings. The molecule has 0 aliphatic carbocycles. The van der Waals surface area contributed by atoms with Gasteiger partial charge in [-0.1, -0.05) is 42.4 Å². The Bertz CT molecular complexity index is 498. The molecule has 0 radical (unpaired) electrons. The summed E-state index contributed by atoms with van der Waals surface area (Å²) in [6, 6.07) is 9.26. The van der Waals surface area contributed by atoms with E-state index in [2.05, 4.69) is 5.16 Å². The van der Waals surface area contributed by atoms with Crippen LogP contribution in [0, 0.1) is 5.92 Å². The van der Waals surface area contributed by atoms with Crippen LogP contribution in [0.3, 0.4) is 0 Å². The maximum atomic E-state index is 11.7. The number of benzene rings is 1. The summed E-state index contributed by atoms with van der Waals surface area (Å²) in [6.07, 6.45) is -0.0644. The summed E-state index contributed by atoms with van der Waals surface area (Å²) in [4.78, 5) is 23.2. The summed E-state index contributed by atoms with van der Waals surface area (Å²) in [6.45, 7) is 3.57. The van der Waals surface area contributed by atoms with E-state index in [1.54, 1.807) is 13.8 Å². The van der Waals surface area contributed by atoms with E-state index >= 15 is 0 Å². The second kappa shape index (κ2) is 8.73. The van der Waals surface area contributed by atoms with Crippen molar-refractivity contribution >= 4 is 17.7 Å². The zero-order chi connectivity index (χ0) is 15.7. The van der Waals surface area contributed by atoms with Gasteiger partial charge in [0, 0.05) is 5.92 Å². The predicted octanol–water partition coefficient (Wildman–Crippen LogP) is 2.15. The number of ether oxygens (including phenoxy) is 2. The van der Waals surface area contributed by atoms with Crippen LogP contribution in [0.25, 0.3) is 0 Å². The molecule has 1 N–H and O–H groups in total. The number of rotatable bonds is 7. The van der Waals surface area contributed by atoms with Gasteiger partial charge in [-0.3, -0.25) is 4.79 Å². The Morgan fingerprint density at radius 3 is 2.48 bits per heavy atom. The fourth-order valence-electron chi connectivity index (χ4n) is 1.69. The van der Waals surface area contributed by atoms with E-state index in [9.17, 15) is 9.59 Å². The highest BCUT2D eigenvalue weighted by Gasteiger charge is 2.24. The van der Waals surface area contributed by atoms with E-state index in [0.29, 0.717) is 0 Å². The molecule has 1 atom stereocenters. The molecule has 0 saturated heterocycles. The SMILES string of the molecule is CCOC(=O)/C(=N/O)[C@H](C)CC(=O)OCc1ccccc1. The average Bonchev–Trinajstić information content (AvgIpc) is 2.47. The van der Waals surface area contributed by atoms with Crippen molar-refractivity contribution in [3.63, 3.8) is 0 Å². The molecule has 0 amide bonds. The molecular formula is C15H19NO5. The van der Waals surface area contributed by atoms with Gasteiger partial charge in [0.15, 0.2) is 5.71 Å². The smallest absolute Gasteiger partial charge is 0.356 e. The van der Waals surface area contributed by atoms with E-state index < -0.39 is 17.9 Å². The van der Waals surface area contributed by atoms with Gasteiger partial charge in [-0.2, -0.15) is 0 Å². The lowest BCUT2D eigenvalue weighted by Crippen LogP contribution is -2.26. The Labute approximate surface area is 123 Å². The van der Waals surface area contributed by atoms with Crippen LogP contribution in [-0.2, 0) is 25.7 Å². The molecule has 0 heterocycles. The Hall–Kier alpha value is -2.37. The third kappa shape index (κ3) is 5.64. The lowest BCUT2D eigenvalue weighted by Gasteiger charge is -2.12. The van der Waals surface area contributed by atoms with Crippen LogP contribution >= 0.6 is 0 Å². The number of carbonyl (C=O) groups excluding carboxylic acids is 2. The second-order valence-electron chi connectivity index (χ2n) is 4.46. The van der Waals surface area contributed by atoms with Crippen LogP contribution in [-0.4, -0.2) is 29.5 Å². The molecule has 0 aliphatic heterocycles. The first-order valence-electron chi connectivity index (χ1n) is 6.67. The molecule has 1 aromatic carbocycles. The van der Waals surface area contributed by atoms with Crippen molar-refractivity contribution in [2.45, 2.75) is 26.9 Å². The molecule has 0 bridgehead atoms. The summed E-state index contributed by atoms with van der Waals surface area (Å²) in [5.41, 5.74) is 0.688. The van der Waals surface area contributed by atoms with E-state index in [0.717, 1.165) is 5.56 Å². The van der Waals surface area contributed by atoms with Crippen LogP contribution in [0.4, 0.5) is 0 Å². The quantitative estimate of drug-likeness (QED) is 0.360. The first kappa shape index (κ1) is 16.7. The van der Waals surface area contributed by atoms with E-state index in [-0.39, 0.29) is 25.3 Å². The topological polar surface area (TPSA) is 85.2 Å². The predicted molar refractivity (Wildman–Crippen MR) is 75.9 cm³/mol. The fourth-order valence-corrected chi connectivity index (χ4v) is 1.69. The van der Waals surface area contributed by atoms with E-state index in [1.165, 1.54) is 0 Å². The minimum absolute atomic E-state index is 0.0644. The number of hydrogen-bond acceptors (Lipinski definition) is 6. The minimum atomic E-state index is -0.733. The minimum Gasteiger partial charge on any atom is -0.461 e. The van der Waals surface area contributed by atoms with Crippen molar-refractivity contribution in [1.29, 1.82) is 0 Å². The van der Waals surface area contributed by atoms with Crippen molar-refractivity contribution in [1.82, 2.24) is 0 Å². The average molecular weight is 293 g/mol. The van der Waals surface area contributed by atoms with Crippen molar-refractivity contribution in [2.24, 2.45) is 11.1 Å². The van der Waals surface area contributed by atoms with Gasteiger partial charge in [0.1, 0.15) is 6.61 Å². The molecule has 1 rings (SSSR count). The number of esters is 2. The molecule has 0 spiro atoms.